The van der Waals surface area contributed by atoms with Gasteiger partial charge in [-0.1, -0.05) is 25.7 Å². The van der Waals surface area contributed by atoms with E-state index >= 15 is 0 Å². The summed E-state index contributed by atoms with van der Waals surface area (Å²) in [4.78, 5) is 0. The van der Waals surface area contributed by atoms with Crippen molar-refractivity contribution in [2.75, 3.05) is 24.3 Å². The van der Waals surface area contributed by atoms with E-state index in [-0.39, 0.29) is 5.82 Å². The Bertz CT molecular complexity index is 877. The van der Waals surface area contributed by atoms with E-state index in [4.69, 9.17) is 15.9 Å². The second-order valence-electron chi connectivity index (χ2n) is 6.42. The van der Waals surface area contributed by atoms with Crippen molar-refractivity contribution < 1.29 is 9.13 Å². The van der Waals surface area contributed by atoms with Gasteiger partial charge in [-0.05, 0) is 55.7 Å². The van der Waals surface area contributed by atoms with E-state index in [0.717, 1.165) is 43.0 Å². The highest BCUT2D eigenvalue weighted by atomic mass is 19.1. The fraction of sp³-hybridized carbons (Fsp3) is 0.348. The van der Waals surface area contributed by atoms with Crippen LogP contribution in [0, 0.1) is 35.9 Å². The predicted octanol–water partition coefficient (Wildman–Crippen LogP) is 5.26. The zero-order chi connectivity index (χ0) is 20.5. The van der Waals surface area contributed by atoms with Gasteiger partial charge < -0.3 is 21.2 Å². The summed E-state index contributed by atoms with van der Waals surface area (Å²) in [5, 5.41) is 10.8. The van der Waals surface area contributed by atoms with Gasteiger partial charge in [-0.25, -0.2) is 4.39 Å². The van der Waals surface area contributed by atoms with Gasteiger partial charge in [0, 0.05) is 42.3 Å². The Kier molecular flexibility index (Phi) is 8.03. The number of nitrogens with two attached hydrogens (primary N) is 1. The Morgan fingerprint density at radius 2 is 1.93 bits per heavy atom. The summed E-state index contributed by atoms with van der Waals surface area (Å²) in [7, 11) is 0. The lowest BCUT2D eigenvalue weighted by molar-refractivity contribution is 0.0807. The maximum atomic E-state index is 13.5. The molecule has 1 saturated heterocycles. The minimum absolute atomic E-state index is 0.243. The van der Waals surface area contributed by atoms with Crippen LogP contribution in [0.25, 0.3) is 0 Å². The Balaban J connectivity index is 0.00000136. The highest BCUT2D eigenvalue weighted by Gasteiger charge is 2.11. The van der Waals surface area contributed by atoms with Crippen molar-refractivity contribution in [1.82, 2.24) is 0 Å². The SMILES string of the molecule is CC.Cc1cc(Nc2cc(C=N)c(N)cc2C#CC2CCOCC2)ccc1F. The second kappa shape index (κ2) is 10.5. The third-order valence-electron chi connectivity index (χ3n) is 4.45. The van der Waals surface area contributed by atoms with Crippen LogP contribution in [0.1, 0.15) is 43.4 Å². The van der Waals surface area contributed by atoms with E-state index in [1.807, 2.05) is 13.8 Å². The van der Waals surface area contributed by atoms with Crippen molar-refractivity contribution in [3.8, 4) is 11.8 Å². The molecule has 2 aromatic carbocycles. The third kappa shape index (κ3) is 5.58. The molecule has 0 radical (unpaired) electrons. The maximum absolute atomic E-state index is 13.5. The van der Waals surface area contributed by atoms with Crippen LogP contribution in [0.5, 0.6) is 0 Å². The summed E-state index contributed by atoms with van der Waals surface area (Å²) in [5.74, 6) is 6.60. The molecule has 28 heavy (non-hydrogen) atoms. The monoisotopic (exact) mass is 381 g/mol. The van der Waals surface area contributed by atoms with Crippen LogP contribution in [-0.4, -0.2) is 19.4 Å². The quantitative estimate of drug-likeness (QED) is 0.386. The standard InChI is InChI=1S/C21H22FN3O.C2H6/c1-14-10-18(4-5-19(14)22)25-21-12-17(13-23)20(24)11-16(21)3-2-15-6-8-26-9-7-15;1-2/h4-5,10-13,15,23,25H,6-9,24H2,1H3;1-2H3. The van der Waals surface area contributed by atoms with Crippen LogP contribution in [0.2, 0.25) is 0 Å². The zero-order valence-corrected chi connectivity index (χ0v) is 16.7. The van der Waals surface area contributed by atoms with Crippen LogP contribution < -0.4 is 11.1 Å². The zero-order valence-electron chi connectivity index (χ0n) is 16.7. The van der Waals surface area contributed by atoms with Gasteiger partial charge in [0.1, 0.15) is 5.82 Å². The molecule has 1 aliphatic heterocycles. The number of nitrogen functional groups attached to an aromatic ring is 1. The van der Waals surface area contributed by atoms with Crippen molar-refractivity contribution >= 4 is 23.3 Å². The van der Waals surface area contributed by atoms with Gasteiger partial charge in [0.2, 0.25) is 0 Å². The maximum Gasteiger partial charge on any atom is 0.126 e. The van der Waals surface area contributed by atoms with E-state index in [1.54, 1.807) is 31.2 Å². The Hall–Kier alpha value is -2.84. The molecule has 4 nitrogen and oxygen atoms in total. The summed E-state index contributed by atoms with van der Waals surface area (Å²) in [6.07, 6.45) is 3.08. The molecule has 0 unspecified atom stereocenters. The van der Waals surface area contributed by atoms with E-state index in [9.17, 15) is 4.39 Å². The fourth-order valence-electron chi connectivity index (χ4n) is 2.86. The van der Waals surface area contributed by atoms with Crippen LogP contribution in [0.3, 0.4) is 0 Å². The molecule has 0 atom stereocenters. The molecule has 148 valence electrons. The van der Waals surface area contributed by atoms with Crippen molar-refractivity contribution in [3.05, 3.63) is 52.8 Å². The smallest absolute Gasteiger partial charge is 0.126 e. The number of halogens is 1. The summed E-state index contributed by atoms with van der Waals surface area (Å²) >= 11 is 0. The summed E-state index contributed by atoms with van der Waals surface area (Å²) in [6.45, 7) is 7.21. The molecule has 0 saturated carbocycles. The molecule has 0 aliphatic carbocycles. The molecule has 1 fully saturated rings. The Morgan fingerprint density at radius 3 is 2.57 bits per heavy atom. The first-order chi connectivity index (χ1) is 13.6. The van der Waals surface area contributed by atoms with Crippen LogP contribution in [0.4, 0.5) is 21.5 Å². The van der Waals surface area contributed by atoms with E-state index in [2.05, 4.69) is 17.2 Å². The molecular weight excluding hydrogens is 353 g/mol. The second-order valence-corrected chi connectivity index (χ2v) is 6.42. The highest BCUT2D eigenvalue weighted by molar-refractivity contribution is 5.89. The van der Waals surface area contributed by atoms with Crippen molar-refractivity contribution in [1.29, 1.82) is 5.41 Å². The topological polar surface area (TPSA) is 71.1 Å². The van der Waals surface area contributed by atoms with E-state index in [1.165, 1.54) is 12.3 Å². The molecule has 1 heterocycles. The largest absolute Gasteiger partial charge is 0.398 e. The van der Waals surface area contributed by atoms with Crippen molar-refractivity contribution in [3.63, 3.8) is 0 Å². The number of rotatable bonds is 3. The minimum atomic E-state index is -0.243. The molecule has 0 aromatic heterocycles. The highest BCUT2D eigenvalue weighted by Crippen LogP contribution is 2.27. The molecule has 2 aromatic rings. The number of hydrogen-bond acceptors (Lipinski definition) is 4. The summed E-state index contributed by atoms with van der Waals surface area (Å²) in [6, 6.07) is 8.43. The molecule has 1 aliphatic rings. The number of benzene rings is 2. The van der Waals surface area contributed by atoms with Gasteiger partial charge in [-0.2, -0.15) is 0 Å². The van der Waals surface area contributed by atoms with Gasteiger partial charge in [0.05, 0.1) is 11.3 Å². The number of aryl methyl sites for hydroxylation is 1. The van der Waals surface area contributed by atoms with Crippen molar-refractivity contribution in [2.45, 2.75) is 33.6 Å². The minimum Gasteiger partial charge on any atom is -0.398 e. The third-order valence-corrected chi connectivity index (χ3v) is 4.45. The summed E-state index contributed by atoms with van der Waals surface area (Å²) < 4.78 is 18.9. The molecule has 3 rings (SSSR count). The van der Waals surface area contributed by atoms with Gasteiger partial charge in [-0.15, -0.1) is 0 Å². The van der Waals surface area contributed by atoms with Gasteiger partial charge in [0.25, 0.3) is 0 Å². The lowest BCUT2D eigenvalue weighted by Crippen LogP contribution is -2.13. The number of nitrogens with one attached hydrogen (secondary N) is 2. The average Bonchev–Trinajstić information content (AvgIpc) is 2.73. The predicted molar refractivity (Wildman–Crippen MR) is 115 cm³/mol. The normalized spacial score (nSPS) is 13.6. The molecule has 0 bridgehead atoms. The first-order valence-corrected chi connectivity index (χ1v) is 9.63. The molecule has 0 amide bonds. The lowest BCUT2D eigenvalue weighted by Gasteiger charge is -2.17. The molecule has 4 N–H and O–H groups in total. The van der Waals surface area contributed by atoms with Gasteiger partial charge in [-0.3, -0.25) is 0 Å². The summed E-state index contributed by atoms with van der Waals surface area (Å²) in [5.41, 5.74) is 10.00. The van der Waals surface area contributed by atoms with Crippen LogP contribution in [-0.2, 0) is 4.74 Å². The fourth-order valence-corrected chi connectivity index (χ4v) is 2.86. The Labute approximate surface area is 166 Å². The first kappa shape index (κ1) is 21.5. The number of ether oxygens (including phenoxy) is 1. The van der Waals surface area contributed by atoms with E-state index in [0.29, 0.717) is 22.7 Å². The van der Waals surface area contributed by atoms with E-state index < -0.39 is 0 Å². The Morgan fingerprint density at radius 1 is 1.21 bits per heavy atom. The molecular formula is C23H28FN3O. The molecule has 0 spiro atoms. The number of anilines is 3. The van der Waals surface area contributed by atoms with Crippen molar-refractivity contribution in [2.24, 2.45) is 5.92 Å². The molecule has 5 heteroatoms. The van der Waals surface area contributed by atoms with Crippen LogP contribution >= 0.6 is 0 Å². The van der Waals surface area contributed by atoms with Gasteiger partial charge in [0.15, 0.2) is 0 Å². The van der Waals surface area contributed by atoms with Crippen LogP contribution in [0.15, 0.2) is 30.3 Å². The average molecular weight is 381 g/mol. The lowest BCUT2D eigenvalue weighted by atomic mass is 10.00. The van der Waals surface area contributed by atoms with Gasteiger partial charge >= 0.3 is 0 Å². The number of hydrogen-bond donors (Lipinski definition) is 3. The first-order valence-electron chi connectivity index (χ1n) is 9.63.